The molecule has 0 aromatic heterocycles. The number of carbonyl (C=O) groups excluding carboxylic acids is 1. The smallest absolute Gasteiger partial charge is 0.166 e. The van der Waals surface area contributed by atoms with Gasteiger partial charge in [-0.15, -0.1) is 0 Å². The van der Waals surface area contributed by atoms with Crippen LogP contribution in [0.2, 0.25) is 0 Å². The van der Waals surface area contributed by atoms with Gasteiger partial charge in [0.05, 0.1) is 0 Å². The lowest BCUT2D eigenvalue weighted by molar-refractivity contribution is 0.0869. The number of hydrogen-bond donors (Lipinski definition) is 0. The Labute approximate surface area is 97.9 Å². The molecule has 16 heavy (non-hydrogen) atoms. The molecule has 0 aliphatic heterocycles. The SMILES string of the molecule is CC(C)C1CCCC1C(=O)c1ccccc1. The quantitative estimate of drug-likeness (QED) is 0.699. The van der Waals surface area contributed by atoms with Gasteiger partial charge in [-0.1, -0.05) is 50.6 Å². The van der Waals surface area contributed by atoms with Gasteiger partial charge in [0.1, 0.15) is 0 Å². The number of hydrogen-bond acceptors (Lipinski definition) is 1. The predicted octanol–water partition coefficient (Wildman–Crippen LogP) is 3.94. The van der Waals surface area contributed by atoms with E-state index in [1.807, 2.05) is 30.3 Å². The average molecular weight is 216 g/mol. The van der Waals surface area contributed by atoms with Crippen LogP contribution in [0.15, 0.2) is 30.3 Å². The van der Waals surface area contributed by atoms with Crippen molar-refractivity contribution in [2.45, 2.75) is 33.1 Å². The van der Waals surface area contributed by atoms with Crippen LogP contribution in [-0.4, -0.2) is 5.78 Å². The first kappa shape index (κ1) is 11.4. The van der Waals surface area contributed by atoms with Crippen molar-refractivity contribution in [3.8, 4) is 0 Å². The summed E-state index contributed by atoms with van der Waals surface area (Å²) in [4.78, 5) is 12.4. The van der Waals surface area contributed by atoms with Crippen LogP contribution < -0.4 is 0 Å². The third kappa shape index (κ3) is 2.18. The first-order valence-corrected chi connectivity index (χ1v) is 6.29. The van der Waals surface area contributed by atoms with Crippen LogP contribution in [0, 0.1) is 17.8 Å². The van der Waals surface area contributed by atoms with Gasteiger partial charge in [0.25, 0.3) is 0 Å². The van der Waals surface area contributed by atoms with E-state index >= 15 is 0 Å². The fourth-order valence-electron chi connectivity index (χ4n) is 2.93. The van der Waals surface area contributed by atoms with Crippen molar-refractivity contribution in [2.24, 2.45) is 17.8 Å². The van der Waals surface area contributed by atoms with Gasteiger partial charge in [0, 0.05) is 11.5 Å². The molecule has 1 aromatic rings. The van der Waals surface area contributed by atoms with E-state index in [-0.39, 0.29) is 5.92 Å². The number of ketones is 1. The summed E-state index contributed by atoms with van der Waals surface area (Å²) in [5.74, 6) is 1.84. The fraction of sp³-hybridized carbons (Fsp3) is 0.533. The number of Topliss-reactive ketones (excluding diaryl/α,β-unsaturated/α-hetero) is 1. The Morgan fingerprint density at radius 3 is 2.50 bits per heavy atom. The van der Waals surface area contributed by atoms with Gasteiger partial charge < -0.3 is 0 Å². The minimum Gasteiger partial charge on any atom is -0.294 e. The molecule has 2 atom stereocenters. The zero-order valence-electron chi connectivity index (χ0n) is 10.1. The van der Waals surface area contributed by atoms with Crippen molar-refractivity contribution < 1.29 is 4.79 Å². The van der Waals surface area contributed by atoms with E-state index in [9.17, 15) is 4.79 Å². The van der Waals surface area contributed by atoms with Crippen LogP contribution in [0.3, 0.4) is 0 Å². The molecule has 0 heterocycles. The number of carbonyl (C=O) groups is 1. The van der Waals surface area contributed by atoms with Crippen LogP contribution >= 0.6 is 0 Å². The van der Waals surface area contributed by atoms with Crippen LogP contribution in [0.4, 0.5) is 0 Å². The maximum absolute atomic E-state index is 12.4. The second-order valence-electron chi connectivity index (χ2n) is 5.18. The summed E-state index contributed by atoms with van der Waals surface area (Å²) in [5, 5.41) is 0. The molecule has 0 amide bonds. The lowest BCUT2D eigenvalue weighted by atomic mass is 9.82. The molecule has 0 N–H and O–H groups in total. The Bertz CT molecular complexity index is 353. The fourth-order valence-corrected chi connectivity index (χ4v) is 2.93. The lowest BCUT2D eigenvalue weighted by Crippen LogP contribution is -2.22. The molecule has 0 radical (unpaired) electrons. The lowest BCUT2D eigenvalue weighted by Gasteiger charge is -2.21. The Morgan fingerprint density at radius 1 is 1.19 bits per heavy atom. The minimum absolute atomic E-state index is 0.266. The summed E-state index contributed by atoms with van der Waals surface area (Å²) in [6.45, 7) is 4.47. The molecule has 1 nitrogen and oxygen atoms in total. The predicted molar refractivity (Wildman–Crippen MR) is 66.4 cm³/mol. The molecule has 0 bridgehead atoms. The standard InChI is InChI=1S/C15H20O/c1-11(2)13-9-6-10-14(13)15(16)12-7-4-3-5-8-12/h3-5,7-8,11,13-14H,6,9-10H2,1-2H3. The van der Waals surface area contributed by atoms with E-state index in [0.717, 1.165) is 12.0 Å². The number of rotatable bonds is 3. The molecule has 2 rings (SSSR count). The van der Waals surface area contributed by atoms with Crippen LogP contribution in [0.1, 0.15) is 43.5 Å². The largest absolute Gasteiger partial charge is 0.294 e. The molecule has 1 heteroatoms. The summed E-state index contributed by atoms with van der Waals surface area (Å²) >= 11 is 0. The Hall–Kier alpha value is -1.11. The zero-order chi connectivity index (χ0) is 11.5. The topological polar surface area (TPSA) is 17.1 Å². The van der Waals surface area contributed by atoms with Crippen molar-refractivity contribution in [1.82, 2.24) is 0 Å². The first-order chi connectivity index (χ1) is 7.70. The van der Waals surface area contributed by atoms with Gasteiger partial charge >= 0.3 is 0 Å². The molecule has 1 fully saturated rings. The highest BCUT2D eigenvalue weighted by Crippen LogP contribution is 2.38. The molecule has 1 aliphatic carbocycles. The Morgan fingerprint density at radius 2 is 1.88 bits per heavy atom. The van der Waals surface area contributed by atoms with Gasteiger partial charge in [0.2, 0.25) is 0 Å². The highest BCUT2D eigenvalue weighted by atomic mass is 16.1. The Balaban J connectivity index is 2.16. The maximum Gasteiger partial charge on any atom is 0.166 e. The van der Waals surface area contributed by atoms with Crippen LogP contribution in [0.5, 0.6) is 0 Å². The van der Waals surface area contributed by atoms with Gasteiger partial charge in [-0.3, -0.25) is 4.79 Å². The van der Waals surface area contributed by atoms with Crippen LogP contribution in [-0.2, 0) is 0 Å². The third-order valence-electron chi connectivity index (χ3n) is 3.82. The molecule has 1 aliphatic rings. The van der Waals surface area contributed by atoms with Gasteiger partial charge in [-0.25, -0.2) is 0 Å². The van der Waals surface area contributed by atoms with Crippen molar-refractivity contribution in [1.29, 1.82) is 0 Å². The highest BCUT2D eigenvalue weighted by molar-refractivity contribution is 5.98. The van der Waals surface area contributed by atoms with Crippen molar-refractivity contribution >= 4 is 5.78 Å². The van der Waals surface area contributed by atoms with E-state index in [1.165, 1.54) is 12.8 Å². The number of benzene rings is 1. The van der Waals surface area contributed by atoms with E-state index in [4.69, 9.17) is 0 Å². The van der Waals surface area contributed by atoms with E-state index < -0.39 is 0 Å². The first-order valence-electron chi connectivity index (χ1n) is 6.29. The van der Waals surface area contributed by atoms with Gasteiger partial charge in [-0.05, 0) is 24.7 Å². The summed E-state index contributed by atoms with van der Waals surface area (Å²) in [7, 11) is 0. The summed E-state index contributed by atoms with van der Waals surface area (Å²) in [6.07, 6.45) is 3.52. The summed E-state index contributed by atoms with van der Waals surface area (Å²) in [5.41, 5.74) is 0.889. The second kappa shape index (κ2) is 4.82. The maximum atomic E-state index is 12.4. The van der Waals surface area contributed by atoms with E-state index in [0.29, 0.717) is 17.6 Å². The van der Waals surface area contributed by atoms with Gasteiger partial charge in [0.15, 0.2) is 5.78 Å². The normalized spacial score (nSPS) is 24.9. The van der Waals surface area contributed by atoms with Crippen molar-refractivity contribution in [3.63, 3.8) is 0 Å². The Kier molecular flexibility index (Phi) is 3.42. The molecule has 2 unspecified atom stereocenters. The molecule has 1 aromatic carbocycles. The zero-order valence-corrected chi connectivity index (χ0v) is 10.1. The van der Waals surface area contributed by atoms with Crippen LogP contribution in [0.25, 0.3) is 0 Å². The molecule has 0 saturated heterocycles. The second-order valence-corrected chi connectivity index (χ2v) is 5.18. The highest BCUT2D eigenvalue weighted by Gasteiger charge is 2.34. The molecular formula is C15H20O. The van der Waals surface area contributed by atoms with E-state index in [1.54, 1.807) is 0 Å². The van der Waals surface area contributed by atoms with E-state index in [2.05, 4.69) is 13.8 Å². The third-order valence-corrected chi connectivity index (χ3v) is 3.82. The molecule has 0 spiro atoms. The monoisotopic (exact) mass is 216 g/mol. The average Bonchev–Trinajstić information content (AvgIpc) is 2.78. The van der Waals surface area contributed by atoms with Gasteiger partial charge in [-0.2, -0.15) is 0 Å². The summed E-state index contributed by atoms with van der Waals surface area (Å²) in [6, 6.07) is 9.75. The molecular weight excluding hydrogens is 196 g/mol. The van der Waals surface area contributed by atoms with Crippen molar-refractivity contribution in [2.75, 3.05) is 0 Å². The minimum atomic E-state index is 0.266. The molecule has 86 valence electrons. The summed E-state index contributed by atoms with van der Waals surface area (Å²) < 4.78 is 0. The van der Waals surface area contributed by atoms with Crippen molar-refractivity contribution in [3.05, 3.63) is 35.9 Å². The molecule has 1 saturated carbocycles.